The largest absolute Gasteiger partial charge is 0.282 e. The fourth-order valence-corrected chi connectivity index (χ4v) is 4.71. The lowest BCUT2D eigenvalue weighted by Crippen LogP contribution is -2.24. The smallest absolute Gasteiger partial charge is 0.242 e. The molecule has 3 aromatic heterocycles. The van der Waals surface area contributed by atoms with Crippen LogP contribution < -0.4 is 4.72 Å². The number of aryl methyl sites for hydroxylation is 3. The van der Waals surface area contributed by atoms with Crippen LogP contribution in [-0.4, -0.2) is 28.6 Å². The number of H-pyrrole nitrogens is 1. The molecule has 0 saturated carbocycles. The molecule has 0 radical (unpaired) electrons. The second-order valence-corrected chi connectivity index (χ2v) is 8.43. The Morgan fingerprint density at radius 1 is 1.17 bits per heavy atom. The molecular formula is C15H17N5O2S2. The zero-order valence-electron chi connectivity index (χ0n) is 13.5. The highest BCUT2D eigenvalue weighted by Gasteiger charge is 2.21. The molecule has 0 bridgehead atoms. The first kappa shape index (κ1) is 16.7. The van der Waals surface area contributed by atoms with Gasteiger partial charge in [-0.05, 0) is 32.9 Å². The van der Waals surface area contributed by atoms with Crippen LogP contribution in [-0.2, 0) is 16.6 Å². The van der Waals surface area contributed by atoms with Crippen LogP contribution in [0, 0.1) is 20.8 Å². The standard InChI is InChI=1S/C15H17N5O2S2/c1-9-4-13(20-19-9)14-5-15(11(3)23-14)24(21,22)18-8-12-7-16-10(2)6-17-12/h4-7,18H,8H2,1-3H3,(H,19,20). The zero-order chi connectivity index (χ0) is 17.3. The highest BCUT2D eigenvalue weighted by molar-refractivity contribution is 7.89. The molecule has 0 amide bonds. The van der Waals surface area contributed by atoms with Gasteiger partial charge in [0.25, 0.3) is 0 Å². The molecule has 7 nitrogen and oxygen atoms in total. The third-order valence-corrected chi connectivity index (χ3v) is 6.13. The number of aromatic amines is 1. The lowest BCUT2D eigenvalue weighted by molar-refractivity contribution is 0.580. The molecule has 0 aliphatic carbocycles. The predicted molar refractivity (Wildman–Crippen MR) is 92.2 cm³/mol. The summed E-state index contributed by atoms with van der Waals surface area (Å²) in [5, 5.41) is 7.04. The Labute approximate surface area is 144 Å². The molecule has 0 aliphatic rings. The van der Waals surface area contributed by atoms with Crippen molar-refractivity contribution in [3.8, 4) is 10.6 Å². The fourth-order valence-electron chi connectivity index (χ4n) is 2.16. The van der Waals surface area contributed by atoms with E-state index < -0.39 is 10.0 Å². The highest BCUT2D eigenvalue weighted by Crippen LogP contribution is 2.32. The summed E-state index contributed by atoms with van der Waals surface area (Å²) >= 11 is 1.40. The van der Waals surface area contributed by atoms with Crippen LogP contribution in [0.1, 0.15) is 22.0 Å². The van der Waals surface area contributed by atoms with Crippen LogP contribution >= 0.6 is 11.3 Å². The van der Waals surface area contributed by atoms with Crippen LogP contribution in [0.3, 0.4) is 0 Å². The van der Waals surface area contributed by atoms with Gasteiger partial charge < -0.3 is 0 Å². The van der Waals surface area contributed by atoms with Crippen LogP contribution in [0.25, 0.3) is 10.6 Å². The van der Waals surface area contributed by atoms with Gasteiger partial charge >= 0.3 is 0 Å². The Bertz CT molecular complexity index is 958. The number of rotatable bonds is 5. The van der Waals surface area contributed by atoms with E-state index in [0.29, 0.717) is 10.6 Å². The van der Waals surface area contributed by atoms with Crippen molar-refractivity contribution in [3.05, 3.63) is 46.5 Å². The van der Waals surface area contributed by atoms with Crippen molar-refractivity contribution in [3.63, 3.8) is 0 Å². The van der Waals surface area contributed by atoms with Gasteiger partial charge in [-0.1, -0.05) is 0 Å². The summed E-state index contributed by atoms with van der Waals surface area (Å²) in [7, 11) is -3.62. The van der Waals surface area contributed by atoms with Crippen LogP contribution in [0.15, 0.2) is 29.4 Å². The summed E-state index contributed by atoms with van der Waals surface area (Å²) in [6.07, 6.45) is 3.17. The predicted octanol–water partition coefficient (Wildman–Crippen LogP) is 2.33. The van der Waals surface area contributed by atoms with Gasteiger partial charge in [0, 0.05) is 16.8 Å². The Morgan fingerprint density at radius 2 is 1.96 bits per heavy atom. The first-order valence-corrected chi connectivity index (χ1v) is 9.55. The molecule has 0 saturated heterocycles. The molecular weight excluding hydrogens is 346 g/mol. The molecule has 24 heavy (non-hydrogen) atoms. The van der Waals surface area contributed by atoms with Crippen molar-refractivity contribution in [1.29, 1.82) is 0 Å². The molecule has 0 aliphatic heterocycles. The van der Waals surface area contributed by atoms with Gasteiger partial charge in [0.05, 0.1) is 33.9 Å². The topological polar surface area (TPSA) is 101 Å². The van der Waals surface area contributed by atoms with E-state index in [-0.39, 0.29) is 11.4 Å². The third-order valence-electron chi connectivity index (χ3n) is 3.40. The van der Waals surface area contributed by atoms with Crippen molar-refractivity contribution >= 4 is 21.4 Å². The Hall–Kier alpha value is -2.10. The average molecular weight is 363 g/mol. The van der Waals surface area contributed by atoms with E-state index in [1.165, 1.54) is 11.3 Å². The van der Waals surface area contributed by atoms with Crippen LogP contribution in [0.5, 0.6) is 0 Å². The van der Waals surface area contributed by atoms with Crippen molar-refractivity contribution in [2.75, 3.05) is 0 Å². The van der Waals surface area contributed by atoms with Crippen molar-refractivity contribution in [1.82, 2.24) is 24.9 Å². The minimum Gasteiger partial charge on any atom is -0.282 e. The quantitative estimate of drug-likeness (QED) is 0.724. The minimum absolute atomic E-state index is 0.0990. The number of aromatic nitrogens is 4. The van der Waals surface area contributed by atoms with Gasteiger partial charge in [0.2, 0.25) is 10.0 Å². The van der Waals surface area contributed by atoms with E-state index in [4.69, 9.17) is 0 Å². The second kappa shape index (κ2) is 6.42. The van der Waals surface area contributed by atoms with Crippen LogP contribution in [0.4, 0.5) is 0 Å². The molecule has 126 valence electrons. The fraction of sp³-hybridized carbons (Fsp3) is 0.267. The molecule has 0 spiro atoms. The molecule has 3 heterocycles. The van der Waals surface area contributed by atoms with Crippen LogP contribution in [0.2, 0.25) is 0 Å². The van der Waals surface area contributed by atoms with E-state index in [0.717, 1.165) is 22.0 Å². The number of hydrogen-bond donors (Lipinski definition) is 2. The van der Waals surface area contributed by atoms with Gasteiger partial charge in [0.15, 0.2) is 0 Å². The maximum Gasteiger partial charge on any atom is 0.242 e. The van der Waals surface area contributed by atoms with E-state index in [1.54, 1.807) is 25.4 Å². The summed E-state index contributed by atoms with van der Waals surface area (Å²) in [5.74, 6) is 0. The average Bonchev–Trinajstić information content (AvgIpc) is 3.13. The monoisotopic (exact) mass is 363 g/mol. The molecule has 3 aromatic rings. The SMILES string of the molecule is Cc1cnc(CNS(=O)(=O)c2cc(-c3cc(C)[nH]n3)sc2C)cn1. The Kier molecular flexibility index (Phi) is 4.48. The van der Waals surface area contributed by atoms with Gasteiger partial charge in [0.1, 0.15) is 5.69 Å². The van der Waals surface area contributed by atoms with E-state index in [2.05, 4.69) is 24.9 Å². The molecule has 0 fully saturated rings. The lowest BCUT2D eigenvalue weighted by atomic mass is 10.3. The maximum atomic E-state index is 12.6. The summed E-state index contributed by atoms with van der Waals surface area (Å²) in [6, 6.07) is 3.54. The maximum absolute atomic E-state index is 12.6. The highest BCUT2D eigenvalue weighted by atomic mass is 32.2. The summed E-state index contributed by atoms with van der Waals surface area (Å²) in [4.78, 5) is 10.1. The first-order chi connectivity index (χ1) is 11.3. The lowest BCUT2D eigenvalue weighted by Gasteiger charge is -2.05. The van der Waals surface area contributed by atoms with Crippen molar-refractivity contribution in [2.45, 2.75) is 32.2 Å². The minimum atomic E-state index is -3.62. The second-order valence-electron chi connectivity index (χ2n) is 5.44. The van der Waals surface area contributed by atoms with E-state index >= 15 is 0 Å². The number of nitrogens with one attached hydrogen (secondary N) is 2. The Balaban J connectivity index is 1.81. The number of nitrogens with zero attached hydrogens (tertiary/aromatic N) is 3. The van der Waals surface area contributed by atoms with E-state index in [1.807, 2.05) is 19.9 Å². The Morgan fingerprint density at radius 3 is 2.58 bits per heavy atom. The van der Waals surface area contributed by atoms with Crippen molar-refractivity contribution < 1.29 is 8.42 Å². The molecule has 2 N–H and O–H groups in total. The number of hydrogen-bond acceptors (Lipinski definition) is 6. The van der Waals surface area contributed by atoms with Gasteiger partial charge in [-0.15, -0.1) is 11.3 Å². The number of thiophene rings is 1. The van der Waals surface area contributed by atoms with Gasteiger partial charge in [-0.25, -0.2) is 13.1 Å². The molecule has 0 unspecified atom stereocenters. The normalized spacial score (nSPS) is 11.8. The summed E-state index contributed by atoms with van der Waals surface area (Å²) < 4.78 is 27.7. The zero-order valence-corrected chi connectivity index (χ0v) is 15.1. The van der Waals surface area contributed by atoms with Gasteiger partial charge in [-0.3, -0.25) is 15.1 Å². The molecule has 0 aromatic carbocycles. The van der Waals surface area contributed by atoms with E-state index in [9.17, 15) is 8.42 Å². The molecule has 9 heteroatoms. The van der Waals surface area contributed by atoms with Crippen molar-refractivity contribution in [2.24, 2.45) is 0 Å². The molecule has 0 atom stereocenters. The first-order valence-electron chi connectivity index (χ1n) is 7.25. The third kappa shape index (κ3) is 3.53. The summed E-state index contributed by atoms with van der Waals surface area (Å²) in [6.45, 7) is 5.61. The number of sulfonamides is 1. The molecule has 3 rings (SSSR count). The summed E-state index contributed by atoms with van der Waals surface area (Å²) in [5.41, 5.74) is 3.03. The van der Waals surface area contributed by atoms with Gasteiger partial charge in [-0.2, -0.15) is 5.10 Å².